The van der Waals surface area contributed by atoms with Crippen LogP contribution in [0, 0.1) is 17.8 Å². The number of aliphatic hydroxyl groups is 1. The average molecular weight is 536 g/mol. The molecule has 0 aromatic rings. The van der Waals surface area contributed by atoms with Crippen molar-refractivity contribution in [3.8, 4) is 0 Å². The van der Waals surface area contributed by atoms with E-state index in [9.17, 15) is 5.11 Å². The fourth-order valence-electron chi connectivity index (χ4n) is 5.71. The van der Waals surface area contributed by atoms with E-state index in [0.29, 0.717) is 30.4 Å². The molecule has 1 aliphatic heterocycles. The first kappa shape index (κ1) is 23.3. The standard InChI is InChI=1S/C27H38INO2/c1-18-15-25(31-17-20-9-5-3-6-10-20)26(28)19(2)23(18)16-22-13-14-24(30)27(29-22)21-11-7-4-8-12-21/h5,9-10,13-15,19,21-24,27,29-30H,3-4,6-8,11-12,16-17H2,1-2H3. The lowest BCUT2D eigenvalue weighted by molar-refractivity contribution is 0.103. The van der Waals surface area contributed by atoms with Crippen molar-refractivity contribution >= 4 is 22.6 Å². The summed E-state index contributed by atoms with van der Waals surface area (Å²) >= 11 is 2.50. The van der Waals surface area contributed by atoms with Crippen molar-refractivity contribution in [1.82, 2.24) is 5.32 Å². The molecule has 0 aromatic heterocycles. The summed E-state index contributed by atoms with van der Waals surface area (Å²) in [5.41, 5.74) is 2.69. The van der Waals surface area contributed by atoms with Gasteiger partial charge in [0.25, 0.3) is 0 Å². The van der Waals surface area contributed by atoms with Gasteiger partial charge >= 0.3 is 0 Å². The summed E-state index contributed by atoms with van der Waals surface area (Å²) in [4.78, 5) is 0. The third kappa shape index (κ3) is 5.75. The number of allylic oxidation sites excluding steroid dienone is 5. The van der Waals surface area contributed by atoms with Crippen LogP contribution in [-0.4, -0.2) is 29.9 Å². The molecule has 1 fully saturated rings. The maximum Gasteiger partial charge on any atom is 0.129 e. The predicted molar refractivity (Wildman–Crippen MR) is 137 cm³/mol. The van der Waals surface area contributed by atoms with Crippen molar-refractivity contribution < 1.29 is 9.84 Å². The Hall–Kier alpha value is -0.850. The Morgan fingerprint density at radius 1 is 1.16 bits per heavy atom. The Morgan fingerprint density at radius 2 is 1.97 bits per heavy atom. The molecule has 0 spiro atoms. The van der Waals surface area contributed by atoms with Gasteiger partial charge in [0.2, 0.25) is 0 Å². The largest absolute Gasteiger partial charge is 0.488 e. The fourth-order valence-corrected chi connectivity index (χ4v) is 6.46. The first-order valence-electron chi connectivity index (χ1n) is 12.2. The summed E-state index contributed by atoms with van der Waals surface area (Å²) in [6, 6.07) is 0.541. The van der Waals surface area contributed by atoms with E-state index < -0.39 is 0 Å². The summed E-state index contributed by atoms with van der Waals surface area (Å²) in [5.74, 6) is 2.60. The maximum atomic E-state index is 10.6. The van der Waals surface area contributed by atoms with Crippen molar-refractivity contribution in [2.45, 2.75) is 83.4 Å². The molecule has 4 rings (SSSR count). The minimum atomic E-state index is -0.344. The Bertz CT molecular complexity index is 787. The summed E-state index contributed by atoms with van der Waals surface area (Å²) < 4.78 is 7.57. The first-order valence-corrected chi connectivity index (χ1v) is 13.3. The Morgan fingerprint density at radius 3 is 2.71 bits per heavy atom. The van der Waals surface area contributed by atoms with Crippen LogP contribution in [0.2, 0.25) is 0 Å². The second-order valence-electron chi connectivity index (χ2n) is 9.85. The number of rotatable bonds is 6. The summed E-state index contributed by atoms with van der Waals surface area (Å²) in [6.07, 6.45) is 22.7. The van der Waals surface area contributed by atoms with E-state index in [1.807, 2.05) is 6.08 Å². The Labute approximate surface area is 201 Å². The Balaban J connectivity index is 1.38. The molecule has 4 aliphatic rings. The van der Waals surface area contributed by atoms with Crippen LogP contribution in [-0.2, 0) is 4.74 Å². The fraction of sp³-hybridized carbons (Fsp3) is 0.630. The summed E-state index contributed by atoms with van der Waals surface area (Å²) in [7, 11) is 0. The lowest BCUT2D eigenvalue weighted by Crippen LogP contribution is -2.52. The number of ether oxygens (including phenoxy) is 1. The number of hydrogen-bond acceptors (Lipinski definition) is 3. The van der Waals surface area contributed by atoms with Crippen LogP contribution in [0.5, 0.6) is 0 Å². The van der Waals surface area contributed by atoms with Crippen LogP contribution in [0.25, 0.3) is 0 Å². The van der Waals surface area contributed by atoms with Crippen molar-refractivity contribution in [3.05, 3.63) is 56.9 Å². The van der Waals surface area contributed by atoms with Gasteiger partial charge in [0, 0.05) is 15.7 Å². The molecule has 31 heavy (non-hydrogen) atoms. The highest BCUT2D eigenvalue weighted by atomic mass is 127. The molecule has 1 heterocycles. The van der Waals surface area contributed by atoms with Crippen LogP contribution in [0.1, 0.15) is 65.2 Å². The van der Waals surface area contributed by atoms with Crippen LogP contribution in [0.4, 0.5) is 0 Å². The molecular weight excluding hydrogens is 497 g/mol. The molecule has 2 N–H and O–H groups in total. The van der Waals surface area contributed by atoms with E-state index in [1.54, 1.807) is 0 Å². The van der Waals surface area contributed by atoms with Crippen molar-refractivity contribution in [3.63, 3.8) is 0 Å². The van der Waals surface area contributed by atoms with E-state index in [1.165, 1.54) is 46.8 Å². The molecule has 5 atom stereocenters. The second kappa shape index (κ2) is 10.8. The zero-order chi connectivity index (χ0) is 21.8. The molecule has 0 bridgehead atoms. The minimum absolute atomic E-state index is 0.212. The van der Waals surface area contributed by atoms with Gasteiger partial charge in [-0.05, 0) is 91.0 Å². The van der Waals surface area contributed by atoms with Crippen molar-refractivity contribution in [2.75, 3.05) is 6.61 Å². The number of halogens is 1. The molecule has 4 heteroatoms. The first-order chi connectivity index (χ1) is 15.0. The predicted octanol–water partition coefficient (Wildman–Crippen LogP) is 6.37. The second-order valence-corrected chi connectivity index (χ2v) is 11.0. The topological polar surface area (TPSA) is 41.5 Å². The van der Waals surface area contributed by atoms with E-state index >= 15 is 0 Å². The van der Waals surface area contributed by atoms with Crippen LogP contribution in [0.3, 0.4) is 0 Å². The quantitative estimate of drug-likeness (QED) is 0.307. The zero-order valence-corrected chi connectivity index (χ0v) is 21.2. The molecule has 0 saturated heterocycles. The molecule has 3 aliphatic carbocycles. The van der Waals surface area contributed by atoms with Gasteiger partial charge in [-0.3, -0.25) is 0 Å². The summed E-state index contributed by atoms with van der Waals surface area (Å²) in [6.45, 7) is 5.26. The summed E-state index contributed by atoms with van der Waals surface area (Å²) in [5, 5.41) is 14.4. The normalized spacial score (nSPS) is 34.5. The van der Waals surface area contributed by atoms with Crippen molar-refractivity contribution in [1.29, 1.82) is 0 Å². The van der Waals surface area contributed by atoms with Crippen LogP contribution < -0.4 is 5.32 Å². The minimum Gasteiger partial charge on any atom is -0.488 e. The highest BCUT2D eigenvalue weighted by molar-refractivity contribution is 14.1. The number of nitrogens with one attached hydrogen (secondary N) is 1. The molecule has 3 nitrogen and oxygen atoms in total. The van der Waals surface area contributed by atoms with Gasteiger partial charge in [-0.15, -0.1) is 0 Å². The highest BCUT2D eigenvalue weighted by Gasteiger charge is 2.35. The molecule has 1 saturated carbocycles. The monoisotopic (exact) mass is 535 g/mol. The molecule has 0 aromatic carbocycles. The number of aliphatic hydroxyl groups excluding tert-OH is 1. The lowest BCUT2D eigenvalue weighted by Gasteiger charge is -2.40. The van der Waals surface area contributed by atoms with Gasteiger partial charge in [-0.2, -0.15) is 0 Å². The Kier molecular flexibility index (Phi) is 8.16. The zero-order valence-electron chi connectivity index (χ0n) is 19.0. The van der Waals surface area contributed by atoms with Crippen LogP contribution in [0.15, 0.2) is 56.9 Å². The van der Waals surface area contributed by atoms with Gasteiger partial charge in [0.05, 0.1) is 6.10 Å². The third-order valence-electron chi connectivity index (χ3n) is 7.63. The SMILES string of the molecule is CC1=CC(OCC2=CCCC=C2)=C(I)C(C)C1CC1C=CC(O)C(C2CCCCC2)N1. The highest BCUT2D eigenvalue weighted by Crippen LogP contribution is 2.41. The number of hydrogen-bond donors (Lipinski definition) is 2. The maximum absolute atomic E-state index is 10.6. The van der Waals surface area contributed by atoms with Gasteiger partial charge in [0.1, 0.15) is 12.4 Å². The molecule has 5 unspecified atom stereocenters. The van der Waals surface area contributed by atoms with E-state index in [2.05, 4.69) is 72.1 Å². The molecular formula is C27H38INO2. The molecule has 0 amide bonds. The van der Waals surface area contributed by atoms with Gasteiger partial charge < -0.3 is 15.2 Å². The third-order valence-corrected chi connectivity index (χ3v) is 9.14. The molecule has 170 valence electrons. The van der Waals surface area contributed by atoms with Crippen LogP contribution >= 0.6 is 22.6 Å². The molecule has 0 radical (unpaired) electrons. The average Bonchev–Trinajstić information content (AvgIpc) is 2.80. The van der Waals surface area contributed by atoms with Gasteiger partial charge in [-0.1, -0.05) is 62.1 Å². The van der Waals surface area contributed by atoms with Crippen molar-refractivity contribution in [2.24, 2.45) is 17.8 Å². The van der Waals surface area contributed by atoms with E-state index in [0.717, 1.165) is 25.0 Å². The van der Waals surface area contributed by atoms with E-state index in [-0.39, 0.29) is 12.1 Å². The van der Waals surface area contributed by atoms with Gasteiger partial charge in [0.15, 0.2) is 0 Å². The van der Waals surface area contributed by atoms with E-state index in [4.69, 9.17) is 4.74 Å². The smallest absolute Gasteiger partial charge is 0.129 e. The van der Waals surface area contributed by atoms with Gasteiger partial charge in [-0.25, -0.2) is 0 Å². The lowest BCUT2D eigenvalue weighted by atomic mass is 9.76.